The number of thioether (sulfide) groups is 1. The zero-order chi connectivity index (χ0) is 15.2. The van der Waals surface area contributed by atoms with Crippen LogP contribution in [0, 0.1) is 0 Å². The van der Waals surface area contributed by atoms with Crippen molar-refractivity contribution >= 4 is 50.9 Å². The number of carbonyl (C=O) groups is 1. The standard InChI is InChI=1S/C13H12BrClN4OS/c1-2-5-19-8-16-18-13(19)21-7-12(20)17-11-4-3-9(14)6-10(11)15/h2-4,6,8H,1,5,7H2,(H,17,20). The fourth-order valence-corrected chi connectivity index (χ4v) is 2.97. The summed E-state index contributed by atoms with van der Waals surface area (Å²) >= 11 is 10.7. The summed E-state index contributed by atoms with van der Waals surface area (Å²) in [6.07, 6.45) is 3.35. The quantitative estimate of drug-likeness (QED) is 0.607. The van der Waals surface area contributed by atoms with Crippen LogP contribution in [0.4, 0.5) is 5.69 Å². The van der Waals surface area contributed by atoms with E-state index in [2.05, 4.69) is 38.0 Å². The minimum Gasteiger partial charge on any atom is -0.324 e. The first-order valence-corrected chi connectivity index (χ1v) is 8.12. The molecule has 21 heavy (non-hydrogen) atoms. The van der Waals surface area contributed by atoms with Crippen LogP contribution in [-0.4, -0.2) is 26.4 Å². The summed E-state index contributed by atoms with van der Waals surface area (Å²) in [4.78, 5) is 11.9. The van der Waals surface area contributed by atoms with E-state index in [4.69, 9.17) is 11.6 Å². The summed E-state index contributed by atoms with van der Waals surface area (Å²) in [5.41, 5.74) is 0.582. The predicted molar refractivity (Wildman–Crippen MR) is 88.7 cm³/mol. The number of rotatable bonds is 6. The van der Waals surface area contributed by atoms with Crippen LogP contribution in [-0.2, 0) is 11.3 Å². The molecular weight excluding hydrogens is 376 g/mol. The molecule has 0 aliphatic rings. The van der Waals surface area contributed by atoms with Gasteiger partial charge in [0.1, 0.15) is 6.33 Å². The number of hydrogen-bond acceptors (Lipinski definition) is 4. The highest BCUT2D eigenvalue weighted by molar-refractivity contribution is 9.10. The summed E-state index contributed by atoms with van der Waals surface area (Å²) < 4.78 is 2.68. The van der Waals surface area contributed by atoms with Gasteiger partial charge >= 0.3 is 0 Å². The Kier molecular flexibility index (Phi) is 5.84. The molecule has 5 nitrogen and oxygen atoms in total. The van der Waals surface area contributed by atoms with Crippen molar-refractivity contribution in [1.82, 2.24) is 14.8 Å². The average molecular weight is 388 g/mol. The van der Waals surface area contributed by atoms with E-state index in [0.29, 0.717) is 22.4 Å². The Bertz CT molecular complexity index is 661. The monoisotopic (exact) mass is 386 g/mol. The van der Waals surface area contributed by atoms with E-state index >= 15 is 0 Å². The van der Waals surface area contributed by atoms with Gasteiger partial charge in [-0.2, -0.15) is 0 Å². The maximum absolute atomic E-state index is 11.9. The van der Waals surface area contributed by atoms with E-state index in [1.807, 2.05) is 10.6 Å². The van der Waals surface area contributed by atoms with Crippen LogP contribution in [0.5, 0.6) is 0 Å². The van der Waals surface area contributed by atoms with Crippen LogP contribution in [0.2, 0.25) is 5.02 Å². The Morgan fingerprint density at radius 3 is 3.10 bits per heavy atom. The topological polar surface area (TPSA) is 59.8 Å². The molecule has 0 spiro atoms. The molecule has 0 fully saturated rings. The molecule has 110 valence electrons. The highest BCUT2D eigenvalue weighted by atomic mass is 79.9. The molecule has 0 radical (unpaired) electrons. The van der Waals surface area contributed by atoms with Gasteiger partial charge in [0.15, 0.2) is 5.16 Å². The van der Waals surface area contributed by atoms with Crippen LogP contribution in [0.3, 0.4) is 0 Å². The Balaban J connectivity index is 1.92. The van der Waals surface area contributed by atoms with Crippen LogP contribution < -0.4 is 5.32 Å². The first-order valence-electron chi connectivity index (χ1n) is 5.96. The maximum Gasteiger partial charge on any atom is 0.234 e. The van der Waals surface area contributed by atoms with Gasteiger partial charge in [-0.3, -0.25) is 4.79 Å². The van der Waals surface area contributed by atoms with E-state index in [1.54, 1.807) is 24.5 Å². The highest BCUT2D eigenvalue weighted by Gasteiger charge is 2.10. The Morgan fingerprint density at radius 1 is 1.57 bits per heavy atom. The molecule has 2 aromatic rings. The van der Waals surface area contributed by atoms with E-state index in [0.717, 1.165) is 4.47 Å². The first-order chi connectivity index (χ1) is 10.1. The number of nitrogens with one attached hydrogen (secondary N) is 1. The number of halogens is 2. The van der Waals surface area contributed by atoms with Crippen molar-refractivity contribution < 1.29 is 4.79 Å². The van der Waals surface area contributed by atoms with Crippen molar-refractivity contribution in [3.8, 4) is 0 Å². The Morgan fingerprint density at radius 2 is 2.38 bits per heavy atom. The number of carbonyl (C=O) groups excluding carboxylic acids is 1. The third-order valence-corrected chi connectivity index (χ3v) is 4.23. The number of amides is 1. The van der Waals surface area contributed by atoms with Gasteiger partial charge in [0.25, 0.3) is 0 Å². The molecule has 1 heterocycles. The number of aromatic nitrogens is 3. The second kappa shape index (κ2) is 7.63. The predicted octanol–water partition coefficient (Wildman–Crippen LogP) is 3.61. The van der Waals surface area contributed by atoms with Gasteiger partial charge in [0.05, 0.1) is 16.5 Å². The van der Waals surface area contributed by atoms with Gasteiger partial charge in [-0.05, 0) is 18.2 Å². The molecule has 1 aromatic carbocycles. The lowest BCUT2D eigenvalue weighted by molar-refractivity contribution is -0.113. The fourth-order valence-electron chi connectivity index (χ4n) is 1.53. The maximum atomic E-state index is 11.9. The largest absolute Gasteiger partial charge is 0.324 e. The van der Waals surface area contributed by atoms with Gasteiger partial charge in [0, 0.05) is 11.0 Å². The highest BCUT2D eigenvalue weighted by Crippen LogP contribution is 2.26. The van der Waals surface area contributed by atoms with Gasteiger partial charge in [-0.15, -0.1) is 16.8 Å². The average Bonchev–Trinajstić information content (AvgIpc) is 2.88. The van der Waals surface area contributed by atoms with Crippen molar-refractivity contribution in [2.75, 3.05) is 11.1 Å². The molecule has 2 rings (SSSR count). The van der Waals surface area contributed by atoms with Crippen molar-refractivity contribution in [2.45, 2.75) is 11.7 Å². The molecule has 0 aliphatic carbocycles. The SMILES string of the molecule is C=CCn1cnnc1SCC(=O)Nc1ccc(Br)cc1Cl. The summed E-state index contributed by atoms with van der Waals surface area (Å²) in [6, 6.07) is 5.29. The van der Waals surface area contributed by atoms with Crippen molar-refractivity contribution in [1.29, 1.82) is 0 Å². The fraction of sp³-hybridized carbons (Fsp3) is 0.154. The number of nitrogens with zero attached hydrogens (tertiary/aromatic N) is 3. The molecule has 0 unspecified atom stereocenters. The minimum atomic E-state index is -0.155. The van der Waals surface area contributed by atoms with Gasteiger partial charge in [0.2, 0.25) is 5.91 Å². The van der Waals surface area contributed by atoms with Gasteiger partial charge in [-0.1, -0.05) is 45.4 Å². The van der Waals surface area contributed by atoms with E-state index < -0.39 is 0 Å². The molecular formula is C13H12BrClN4OS. The normalized spacial score (nSPS) is 10.4. The van der Waals surface area contributed by atoms with Crippen molar-refractivity contribution in [3.63, 3.8) is 0 Å². The molecule has 1 N–H and O–H groups in total. The Hall–Kier alpha value is -1.31. The van der Waals surface area contributed by atoms with Crippen LogP contribution in [0.1, 0.15) is 0 Å². The second-order valence-corrected chi connectivity index (χ2v) is 6.28. The zero-order valence-electron chi connectivity index (χ0n) is 10.9. The van der Waals surface area contributed by atoms with Gasteiger partial charge < -0.3 is 9.88 Å². The third-order valence-electron chi connectivity index (χ3n) is 2.44. The Labute approximate surface area is 139 Å². The molecule has 0 bridgehead atoms. The molecule has 1 amide bonds. The van der Waals surface area contributed by atoms with E-state index in [-0.39, 0.29) is 11.7 Å². The van der Waals surface area contributed by atoms with Gasteiger partial charge in [-0.25, -0.2) is 0 Å². The van der Waals surface area contributed by atoms with Crippen LogP contribution in [0.15, 0.2) is 46.8 Å². The number of anilines is 1. The number of benzene rings is 1. The lowest BCUT2D eigenvalue weighted by Gasteiger charge is -2.07. The minimum absolute atomic E-state index is 0.155. The molecule has 0 saturated carbocycles. The van der Waals surface area contributed by atoms with E-state index in [9.17, 15) is 4.79 Å². The van der Waals surface area contributed by atoms with Crippen LogP contribution >= 0.6 is 39.3 Å². The van der Waals surface area contributed by atoms with Crippen LogP contribution in [0.25, 0.3) is 0 Å². The smallest absolute Gasteiger partial charge is 0.234 e. The molecule has 8 heteroatoms. The summed E-state index contributed by atoms with van der Waals surface area (Å²) in [5.74, 6) is 0.0692. The number of allylic oxidation sites excluding steroid dienone is 1. The molecule has 0 atom stereocenters. The number of hydrogen-bond donors (Lipinski definition) is 1. The molecule has 0 saturated heterocycles. The third kappa shape index (κ3) is 4.59. The molecule has 1 aromatic heterocycles. The summed E-state index contributed by atoms with van der Waals surface area (Å²) in [6.45, 7) is 4.27. The second-order valence-electron chi connectivity index (χ2n) is 4.02. The van der Waals surface area contributed by atoms with E-state index in [1.165, 1.54) is 11.8 Å². The van der Waals surface area contributed by atoms with Crippen molar-refractivity contribution in [2.24, 2.45) is 0 Å². The lowest BCUT2D eigenvalue weighted by atomic mass is 10.3. The lowest BCUT2D eigenvalue weighted by Crippen LogP contribution is -2.14. The van der Waals surface area contributed by atoms with Crippen molar-refractivity contribution in [3.05, 3.63) is 46.7 Å². The zero-order valence-corrected chi connectivity index (χ0v) is 14.1. The molecule has 0 aliphatic heterocycles. The summed E-state index contributed by atoms with van der Waals surface area (Å²) in [7, 11) is 0. The summed E-state index contributed by atoms with van der Waals surface area (Å²) in [5, 5.41) is 11.7. The first kappa shape index (κ1) is 16.1.